The Labute approximate surface area is 183 Å². The summed E-state index contributed by atoms with van der Waals surface area (Å²) in [6, 6.07) is 10.4. The van der Waals surface area contributed by atoms with Crippen LogP contribution in [0.25, 0.3) is 0 Å². The number of ether oxygens (including phenoxy) is 1. The Morgan fingerprint density at radius 1 is 1.06 bits per heavy atom. The zero-order chi connectivity index (χ0) is 22.6. The maximum Gasteiger partial charge on any atom is 0.293 e. The van der Waals surface area contributed by atoms with Crippen LogP contribution in [0.4, 0.5) is 17.1 Å². The van der Waals surface area contributed by atoms with Crippen molar-refractivity contribution in [3.8, 4) is 5.75 Å². The molecule has 0 unspecified atom stereocenters. The highest BCUT2D eigenvalue weighted by Gasteiger charge is 2.23. The standard InChI is InChI=1S/C24H31N3O4/c1-24(2,3)18-10-12-22(31-4)19(16-18)25-23(28)17-9-11-20(21(15-17)27(29)30)26-13-7-5-6-8-14-26/h9-12,15-16H,5-8,13-14H2,1-4H3,(H,25,28). The second-order valence-corrected chi connectivity index (χ2v) is 8.98. The summed E-state index contributed by atoms with van der Waals surface area (Å²) >= 11 is 0. The lowest BCUT2D eigenvalue weighted by Crippen LogP contribution is -2.25. The van der Waals surface area contributed by atoms with Gasteiger partial charge in [0.15, 0.2) is 0 Å². The summed E-state index contributed by atoms with van der Waals surface area (Å²) in [4.78, 5) is 26.4. The third-order valence-corrected chi connectivity index (χ3v) is 5.69. The predicted octanol–water partition coefficient (Wildman–Crippen LogP) is 5.53. The molecule has 166 valence electrons. The SMILES string of the molecule is COc1ccc(C(C)(C)C)cc1NC(=O)c1ccc(N2CCCCCC2)c([N+](=O)[O-])c1. The summed E-state index contributed by atoms with van der Waals surface area (Å²) in [6.45, 7) is 7.86. The summed E-state index contributed by atoms with van der Waals surface area (Å²) in [5, 5.41) is 14.6. The highest BCUT2D eigenvalue weighted by Crippen LogP contribution is 2.34. The topological polar surface area (TPSA) is 84.7 Å². The maximum atomic E-state index is 13.0. The number of benzene rings is 2. The lowest BCUT2D eigenvalue weighted by molar-refractivity contribution is -0.384. The molecular formula is C24H31N3O4. The molecule has 1 heterocycles. The molecule has 3 rings (SSSR count). The fourth-order valence-corrected chi connectivity index (χ4v) is 3.86. The number of nitro groups is 1. The Hall–Kier alpha value is -3.09. The van der Waals surface area contributed by atoms with Crippen molar-refractivity contribution in [3.05, 3.63) is 57.6 Å². The monoisotopic (exact) mass is 425 g/mol. The van der Waals surface area contributed by atoms with Crippen LogP contribution in [0.1, 0.15) is 62.4 Å². The number of carbonyl (C=O) groups excluding carboxylic acids is 1. The van der Waals surface area contributed by atoms with Gasteiger partial charge in [-0.2, -0.15) is 0 Å². The molecule has 0 spiro atoms. The van der Waals surface area contributed by atoms with Gasteiger partial charge in [-0.15, -0.1) is 0 Å². The minimum absolute atomic E-state index is 0.0371. The molecule has 0 saturated carbocycles. The number of methoxy groups -OCH3 is 1. The number of nitrogens with one attached hydrogen (secondary N) is 1. The summed E-state index contributed by atoms with van der Waals surface area (Å²) in [5.74, 6) is 0.131. The fourth-order valence-electron chi connectivity index (χ4n) is 3.86. The van der Waals surface area contributed by atoms with E-state index in [1.54, 1.807) is 19.2 Å². The zero-order valence-electron chi connectivity index (χ0n) is 18.7. The summed E-state index contributed by atoms with van der Waals surface area (Å²) in [6.07, 6.45) is 4.31. The molecule has 2 aromatic rings. The van der Waals surface area contributed by atoms with Crippen molar-refractivity contribution in [1.82, 2.24) is 0 Å². The summed E-state index contributed by atoms with van der Waals surface area (Å²) in [5.41, 5.74) is 2.28. The van der Waals surface area contributed by atoms with Crippen LogP contribution < -0.4 is 15.0 Å². The molecule has 31 heavy (non-hydrogen) atoms. The Balaban J connectivity index is 1.90. The van der Waals surface area contributed by atoms with Crippen LogP contribution in [0.3, 0.4) is 0 Å². The number of hydrogen-bond donors (Lipinski definition) is 1. The number of hydrogen-bond acceptors (Lipinski definition) is 5. The van der Waals surface area contributed by atoms with E-state index in [9.17, 15) is 14.9 Å². The minimum Gasteiger partial charge on any atom is -0.495 e. The van der Waals surface area contributed by atoms with Crippen molar-refractivity contribution in [2.75, 3.05) is 30.4 Å². The summed E-state index contributed by atoms with van der Waals surface area (Å²) in [7, 11) is 1.54. The van der Waals surface area contributed by atoms with Gasteiger partial charge in [-0.1, -0.05) is 39.7 Å². The molecular weight excluding hydrogens is 394 g/mol. The average Bonchev–Trinajstić information content (AvgIpc) is 3.02. The average molecular weight is 426 g/mol. The van der Waals surface area contributed by atoms with Crippen LogP contribution in [0.5, 0.6) is 5.75 Å². The third-order valence-electron chi connectivity index (χ3n) is 5.69. The molecule has 0 bridgehead atoms. The third kappa shape index (κ3) is 5.34. The van der Waals surface area contributed by atoms with Gasteiger partial charge in [-0.05, 0) is 48.1 Å². The number of rotatable bonds is 5. The first kappa shape index (κ1) is 22.6. The molecule has 1 saturated heterocycles. The maximum absolute atomic E-state index is 13.0. The van der Waals surface area contributed by atoms with Gasteiger partial charge in [0.25, 0.3) is 11.6 Å². The van der Waals surface area contributed by atoms with Crippen LogP contribution in [-0.2, 0) is 5.41 Å². The van der Waals surface area contributed by atoms with Crippen molar-refractivity contribution < 1.29 is 14.5 Å². The van der Waals surface area contributed by atoms with Crippen molar-refractivity contribution >= 4 is 23.0 Å². The van der Waals surface area contributed by atoms with E-state index in [-0.39, 0.29) is 16.7 Å². The number of anilines is 2. The van der Waals surface area contributed by atoms with Gasteiger partial charge >= 0.3 is 0 Å². The normalized spacial score (nSPS) is 14.6. The van der Waals surface area contributed by atoms with Crippen molar-refractivity contribution in [3.63, 3.8) is 0 Å². The first-order valence-corrected chi connectivity index (χ1v) is 10.7. The first-order valence-electron chi connectivity index (χ1n) is 10.7. The van der Waals surface area contributed by atoms with E-state index in [0.717, 1.165) is 44.3 Å². The molecule has 0 atom stereocenters. The van der Waals surface area contributed by atoms with E-state index in [1.165, 1.54) is 6.07 Å². The van der Waals surface area contributed by atoms with E-state index in [2.05, 4.69) is 31.0 Å². The molecule has 1 fully saturated rings. The predicted molar refractivity (Wildman–Crippen MR) is 123 cm³/mol. The van der Waals surface area contributed by atoms with Crippen LogP contribution in [-0.4, -0.2) is 31.0 Å². The van der Waals surface area contributed by atoms with Gasteiger partial charge in [0.1, 0.15) is 11.4 Å². The second kappa shape index (κ2) is 9.37. The highest BCUT2D eigenvalue weighted by atomic mass is 16.6. The van der Waals surface area contributed by atoms with Gasteiger partial charge in [0.05, 0.1) is 17.7 Å². The van der Waals surface area contributed by atoms with Crippen LogP contribution in [0.15, 0.2) is 36.4 Å². The Morgan fingerprint density at radius 2 is 1.74 bits per heavy atom. The van der Waals surface area contributed by atoms with E-state index in [4.69, 9.17) is 4.74 Å². The van der Waals surface area contributed by atoms with Crippen molar-refractivity contribution in [2.24, 2.45) is 0 Å². The molecule has 2 aromatic carbocycles. The quantitative estimate of drug-likeness (QED) is 0.503. The van der Waals surface area contributed by atoms with E-state index in [1.807, 2.05) is 18.2 Å². The van der Waals surface area contributed by atoms with Gasteiger partial charge in [0.2, 0.25) is 0 Å². The summed E-state index contributed by atoms with van der Waals surface area (Å²) < 4.78 is 5.39. The van der Waals surface area contributed by atoms with Crippen molar-refractivity contribution in [1.29, 1.82) is 0 Å². The number of nitrogens with zero attached hydrogens (tertiary/aromatic N) is 2. The van der Waals surface area contributed by atoms with E-state index < -0.39 is 10.8 Å². The molecule has 1 aliphatic rings. The lowest BCUT2D eigenvalue weighted by Gasteiger charge is -2.23. The Bertz CT molecular complexity index is 958. The number of nitro benzene ring substituents is 1. The lowest BCUT2D eigenvalue weighted by atomic mass is 9.87. The molecule has 0 aliphatic carbocycles. The Morgan fingerprint density at radius 3 is 2.32 bits per heavy atom. The van der Waals surface area contributed by atoms with Gasteiger partial charge in [0, 0.05) is 24.7 Å². The zero-order valence-corrected chi connectivity index (χ0v) is 18.7. The second-order valence-electron chi connectivity index (χ2n) is 8.98. The van der Waals surface area contributed by atoms with E-state index >= 15 is 0 Å². The molecule has 0 radical (unpaired) electrons. The minimum atomic E-state index is -0.408. The number of amides is 1. The number of carbonyl (C=O) groups is 1. The van der Waals surface area contributed by atoms with E-state index in [0.29, 0.717) is 17.1 Å². The first-order chi connectivity index (χ1) is 14.7. The van der Waals surface area contributed by atoms with Crippen LogP contribution in [0, 0.1) is 10.1 Å². The molecule has 1 N–H and O–H groups in total. The molecule has 1 aliphatic heterocycles. The largest absolute Gasteiger partial charge is 0.495 e. The van der Waals surface area contributed by atoms with Crippen molar-refractivity contribution in [2.45, 2.75) is 51.9 Å². The molecule has 7 heteroatoms. The molecule has 0 aromatic heterocycles. The van der Waals surface area contributed by atoms with Gasteiger partial charge in [-0.3, -0.25) is 14.9 Å². The molecule has 7 nitrogen and oxygen atoms in total. The smallest absolute Gasteiger partial charge is 0.293 e. The van der Waals surface area contributed by atoms with Crippen LogP contribution in [0.2, 0.25) is 0 Å². The molecule has 1 amide bonds. The van der Waals surface area contributed by atoms with Gasteiger partial charge in [-0.25, -0.2) is 0 Å². The Kier molecular flexibility index (Phi) is 6.83. The highest BCUT2D eigenvalue weighted by molar-refractivity contribution is 6.06. The van der Waals surface area contributed by atoms with Crippen LogP contribution >= 0.6 is 0 Å². The fraction of sp³-hybridized carbons (Fsp3) is 0.458. The van der Waals surface area contributed by atoms with Gasteiger partial charge < -0.3 is 15.0 Å².